The summed E-state index contributed by atoms with van der Waals surface area (Å²) in [5, 5.41) is 6.50. The van der Waals surface area contributed by atoms with Gasteiger partial charge >= 0.3 is 0 Å². The molecular weight excluding hydrogens is 394 g/mol. The minimum absolute atomic E-state index is 0.263. The topological polar surface area (TPSA) is 64.3 Å². The minimum Gasteiger partial charge on any atom is -0.266 e. The Hall–Kier alpha value is -3.64. The van der Waals surface area contributed by atoms with Crippen molar-refractivity contribution in [2.75, 3.05) is 0 Å². The highest BCUT2D eigenvalue weighted by atomic mass is 32.1. The van der Waals surface area contributed by atoms with Gasteiger partial charge in [0.05, 0.1) is 4.53 Å². The van der Waals surface area contributed by atoms with Crippen molar-refractivity contribution in [2.24, 2.45) is 0 Å². The van der Waals surface area contributed by atoms with Crippen LogP contribution >= 0.6 is 11.3 Å². The van der Waals surface area contributed by atoms with Crippen molar-refractivity contribution in [3.63, 3.8) is 0 Å². The summed E-state index contributed by atoms with van der Waals surface area (Å²) in [5.41, 5.74) is 2.65. The molecule has 30 heavy (non-hydrogen) atoms. The van der Waals surface area contributed by atoms with E-state index in [1.54, 1.807) is 0 Å². The monoisotopic (exact) mass is 411 g/mol. The summed E-state index contributed by atoms with van der Waals surface area (Å²) in [4.78, 5) is 29.9. The zero-order valence-corrected chi connectivity index (χ0v) is 17.0. The van der Waals surface area contributed by atoms with Gasteiger partial charge in [-0.25, -0.2) is 0 Å². The molecule has 6 heteroatoms. The van der Waals surface area contributed by atoms with E-state index in [0.29, 0.717) is 15.9 Å². The van der Waals surface area contributed by atoms with Gasteiger partial charge in [-0.3, -0.25) is 9.59 Å². The standard InChI is InChI=1S/C24H17N3O2S/c1-15-9-11-16(12-10-15)13-20-22(28)25-24-27(26-20)23(29)21(30-24)14-18-7-4-6-17-5-2-3-8-19(17)18/h2-12,14H,13H2,1H3/b21-14-. The molecule has 0 fully saturated rings. The van der Waals surface area contributed by atoms with E-state index in [1.807, 2.05) is 79.7 Å². The molecule has 0 spiro atoms. The van der Waals surface area contributed by atoms with Crippen LogP contribution in [0.4, 0.5) is 0 Å². The number of fused-ring (bicyclic) bond motifs is 2. The number of hydrogen-bond acceptors (Lipinski definition) is 5. The number of aromatic nitrogens is 3. The van der Waals surface area contributed by atoms with Crippen molar-refractivity contribution in [3.05, 3.63) is 114 Å². The summed E-state index contributed by atoms with van der Waals surface area (Å²) in [6.45, 7) is 2.01. The number of hydrogen-bond donors (Lipinski definition) is 0. The van der Waals surface area contributed by atoms with Crippen LogP contribution in [0.2, 0.25) is 0 Å². The molecule has 0 atom stereocenters. The van der Waals surface area contributed by atoms with Crippen LogP contribution in [0.3, 0.4) is 0 Å². The minimum atomic E-state index is -0.395. The Labute approximate surface area is 175 Å². The van der Waals surface area contributed by atoms with Crippen molar-refractivity contribution >= 4 is 33.1 Å². The van der Waals surface area contributed by atoms with Gasteiger partial charge in [-0.1, -0.05) is 83.6 Å². The molecule has 5 rings (SSSR count). The predicted octanol–water partition coefficient (Wildman–Crippen LogP) is 3.11. The summed E-state index contributed by atoms with van der Waals surface area (Å²) >= 11 is 1.18. The summed E-state index contributed by atoms with van der Waals surface area (Å²) in [7, 11) is 0. The Balaban J connectivity index is 1.64. The number of nitrogens with zero attached hydrogens (tertiary/aromatic N) is 3. The third-order valence-electron chi connectivity index (χ3n) is 5.05. The second kappa shape index (κ2) is 7.31. The van der Waals surface area contributed by atoms with E-state index in [9.17, 15) is 9.59 Å². The second-order valence-electron chi connectivity index (χ2n) is 7.20. The Morgan fingerprint density at radius 1 is 0.967 bits per heavy atom. The second-order valence-corrected chi connectivity index (χ2v) is 8.21. The van der Waals surface area contributed by atoms with Crippen LogP contribution in [0.25, 0.3) is 21.8 Å². The number of rotatable bonds is 3. The maximum Gasteiger partial charge on any atom is 0.296 e. The first kappa shape index (κ1) is 18.4. The van der Waals surface area contributed by atoms with Crippen LogP contribution < -0.4 is 15.7 Å². The van der Waals surface area contributed by atoms with Gasteiger partial charge in [0.15, 0.2) is 0 Å². The fraction of sp³-hybridized carbons (Fsp3) is 0.0833. The van der Waals surface area contributed by atoms with E-state index in [2.05, 4.69) is 10.1 Å². The smallest absolute Gasteiger partial charge is 0.266 e. The average molecular weight is 411 g/mol. The molecule has 0 saturated carbocycles. The van der Waals surface area contributed by atoms with E-state index in [0.717, 1.165) is 27.5 Å². The molecule has 2 heterocycles. The molecule has 0 saturated heterocycles. The molecular formula is C24H17N3O2S. The highest BCUT2D eigenvalue weighted by Crippen LogP contribution is 2.19. The third kappa shape index (κ3) is 3.31. The van der Waals surface area contributed by atoms with Crippen molar-refractivity contribution < 1.29 is 0 Å². The molecule has 2 aromatic heterocycles. The normalized spacial score (nSPS) is 12.1. The maximum absolute atomic E-state index is 13.0. The van der Waals surface area contributed by atoms with Crippen molar-refractivity contribution in [1.82, 2.24) is 14.6 Å². The highest BCUT2D eigenvalue weighted by Gasteiger charge is 2.12. The maximum atomic E-state index is 13.0. The molecule has 0 bridgehead atoms. The molecule has 5 aromatic rings. The first-order valence-corrected chi connectivity index (χ1v) is 10.4. The van der Waals surface area contributed by atoms with E-state index in [4.69, 9.17) is 0 Å². The number of benzene rings is 3. The Morgan fingerprint density at radius 2 is 1.73 bits per heavy atom. The van der Waals surface area contributed by atoms with Gasteiger partial charge < -0.3 is 0 Å². The van der Waals surface area contributed by atoms with E-state index >= 15 is 0 Å². The van der Waals surface area contributed by atoms with Crippen molar-refractivity contribution in [2.45, 2.75) is 13.3 Å². The molecule has 5 nitrogen and oxygen atoms in total. The van der Waals surface area contributed by atoms with Gasteiger partial charge in [0.25, 0.3) is 11.1 Å². The zero-order valence-electron chi connectivity index (χ0n) is 16.2. The first-order chi connectivity index (χ1) is 14.6. The number of aryl methyl sites for hydroxylation is 1. The van der Waals surface area contributed by atoms with Crippen LogP contribution in [0.5, 0.6) is 0 Å². The lowest BCUT2D eigenvalue weighted by Gasteiger charge is -2.01. The SMILES string of the molecule is Cc1ccc(Cc2nn3c(=O)/c(=C/c4cccc5ccccc45)sc3nc2=O)cc1. The van der Waals surface area contributed by atoms with Crippen LogP contribution in [-0.2, 0) is 6.42 Å². The number of thiazole rings is 1. The van der Waals surface area contributed by atoms with Crippen LogP contribution in [-0.4, -0.2) is 14.6 Å². The van der Waals surface area contributed by atoms with Crippen LogP contribution in [0.15, 0.2) is 76.3 Å². The molecule has 146 valence electrons. The lowest BCUT2D eigenvalue weighted by atomic mass is 10.0. The molecule has 3 aromatic carbocycles. The molecule has 0 aliphatic heterocycles. The van der Waals surface area contributed by atoms with Gasteiger partial charge in [-0.2, -0.15) is 14.6 Å². The summed E-state index contributed by atoms with van der Waals surface area (Å²) in [5.74, 6) is 0. The third-order valence-corrected chi connectivity index (χ3v) is 6.01. The fourth-order valence-corrected chi connectivity index (χ4v) is 4.36. The summed E-state index contributed by atoms with van der Waals surface area (Å²) in [6.07, 6.45) is 2.18. The highest BCUT2D eigenvalue weighted by molar-refractivity contribution is 7.15. The molecule has 0 unspecified atom stereocenters. The zero-order chi connectivity index (χ0) is 20.7. The Bertz CT molecular complexity index is 1560. The summed E-state index contributed by atoms with van der Waals surface area (Å²) in [6, 6.07) is 21.9. The van der Waals surface area contributed by atoms with Crippen LogP contribution in [0.1, 0.15) is 22.4 Å². The van der Waals surface area contributed by atoms with E-state index < -0.39 is 5.56 Å². The van der Waals surface area contributed by atoms with E-state index in [1.165, 1.54) is 15.9 Å². The molecule has 0 N–H and O–H groups in total. The van der Waals surface area contributed by atoms with Gasteiger partial charge in [-0.05, 0) is 34.9 Å². The predicted molar refractivity (Wildman–Crippen MR) is 120 cm³/mol. The summed E-state index contributed by atoms with van der Waals surface area (Å²) < 4.78 is 1.74. The largest absolute Gasteiger partial charge is 0.296 e. The van der Waals surface area contributed by atoms with Crippen molar-refractivity contribution in [3.8, 4) is 0 Å². The Kier molecular flexibility index (Phi) is 4.48. The lowest BCUT2D eigenvalue weighted by molar-refractivity contribution is 0.811. The van der Waals surface area contributed by atoms with Gasteiger partial charge in [0, 0.05) is 6.42 Å². The molecule has 0 aliphatic rings. The molecule has 0 amide bonds. The molecule has 0 radical (unpaired) electrons. The van der Waals surface area contributed by atoms with Crippen molar-refractivity contribution in [1.29, 1.82) is 0 Å². The van der Waals surface area contributed by atoms with Crippen LogP contribution in [0, 0.1) is 6.92 Å². The molecule has 0 aliphatic carbocycles. The quantitative estimate of drug-likeness (QED) is 0.458. The Morgan fingerprint density at radius 3 is 2.57 bits per heavy atom. The first-order valence-electron chi connectivity index (χ1n) is 9.56. The van der Waals surface area contributed by atoms with Gasteiger partial charge in [0.1, 0.15) is 5.69 Å². The lowest BCUT2D eigenvalue weighted by Crippen LogP contribution is -2.28. The van der Waals surface area contributed by atoms with Gasteiger partial charge in [0.2, 0.25) is 4.96 Å². The average Bonchev–Trinajstić information content (AvgIpc) is 3.04. The van der Waals surface area contributed by atoms with Gasteiger partial charge in [-0.15, -0.1) is 0 Å². The fourth-order valence-electron chi connectivity index (χ4n) is 3.47. The van der Waals surface area contributed by atoms with E-state index in [-0.39, 0.29) is 11.3 Å².